The highest BCUT2D eigenvalue weighted by atomic mass is 32.2. The molecule has 1 aliphatic rings. The van der Waals surface area contributed by atoms with Crippen LogP contribution in [0.15, 0.2) is 64.5 Å². The second-order valence-electron chi connectivity index (χ2n) is 7.14. The molecule has 2 aromatic carbocycles. The predicted octanol–water partition coefficient (Wildman–Crippen LogP) is 2.16. The number of ether oxygens (including phenoxy) is 2. The Morgan fingerprint density at radius 2 is 1.73 bits per heavy atom. The molecule has 0 saturated carbocycles. The smallest absolute Gasteiger partial charge is 0.163 e. The number of aromatic nitrogens is 1. The van der Waals surface area contributed by atoms with Gasteiger partial charge in [0.05, 0.1) is 18.7 Å². The summed E-state index contributed by atoms with van der Waals surface area (Å²) in [6.45, 7) is 2.09. The molecule has 2 heterocycles. The lowest BCUT2D eigenvalue weighted by atomic mass is 9.98. The molecule has 1 saturated heterocycles. The van der Waals surface area contributed by atoms with E-state index in [0.717, 1.165) is 26.4 Å². The zero-order valence-corrected chi connectivity index (χ0v) is 17.3. The molecule has 0 amide bonds. The molecule has 1 fully saturated rings. The summed E-state index contributed by atoms with van der Waals surface area (Å²) < 4.78 is 13.0. The molecular formula is C22H25NO6S. The number of aliphatic hydroxyl groups is 4. The summed E-state index contributed by atoms with van der Waals surface area (Å²) >= 11 is 1.56. The van der Waals surface area contributed by atoms with Crippen molar-refractivity contribution in [3.63, 3.8) is 0 Å². The number of benzene rings is 2. The van der Waals surface area contributed by atoms with Crippen LogP contribution in [0.2, 0.25) is 0 Å². The first-order chi connectivity index (χ1) is 14.5. The van der Waals surface area contributed by atoms with Crippen LogP contribution in [0.1, 0.15) is 13.2 Å². The van der Waals surface area contributed by atoms with Gasteiger partial charge in [-0.3, -0.25) is 0 Å². The van der Waals surface area contributed by atoms with Crippen molar-refractivity contribution < 1.29 is 29.9 Å². The van der Waals surface area contributed by atoms with Gasteiger partial charge in [-0.15, -0.1) is 0 Å². The quantitative estimate of drug-likeness (QED) is 0.474. The van der Waals surface area contributed by atoms with Crippen LogP contribution >= 0.6 is 11.8 Å². The van der Waals surface area contributed by atoms with Crippen molar-refractivity contribution in [3.8, 4) is 5.75 Å². The Bertz CT molecular complexity index is 989. The zero-order valence-electron chi connectivity index (χ0n) is 16.5. The van der Waals surface area contributed by atoms with E-state index < -0.39 is 37.3 Å². The Morgan fingerprint density at radius 1 is 1.00 bits per heavy atom. The molecule has 7 nitrogen and oxygen atoms in total. The van der Waals surface area contributed by atoms with E-state index in [4.69, 9.17) is 9.47 Å². The topological polar surface area (TPSA) is 104 Å². The normalized spacial score (nSPS) is 26.8. The third-order valence-electron chi connectivity index (χ3n) is 5.21. The highest BCUT2D eigenvalue weighted by Gasteiger charge is 2.44. The standard InChI is InChI=1S/C22H25NO6S/c1-2-28-13-7-9-14(10-8-13)30-18-11-23(16-6-4-3-5-15(16)18)22-21(27)20(26)19(25)17(12-24)29-22/h3-11,17,19-22,24-27H,2,12H2,1H3/t17-,19-,20+,21-,22-/m1/s1. The van der Waals surface area contributed by atoms with Gasteiger partial charge < -0.3 is 34.5 Å². The molecule has 160 valence electrons. The van der Waals surface area contributed by atoms with Crippen molar-refractivity contribution in [1.29, 1.82) is 0 Å². The van der Waals surface area contributed by atoms with Gasteiger partial charge in [0.15, 0.2) is 6.23 Å². The highest BCUT2D eigenvalue weighted by molar-refractivity contribution is 7.99. The minimum atomic E-state index is -1.43. The van der Waals surface area contributed by atoms with Crippen molar-refractivity contribution in [3.05, 3.63) is 54.7 Å². The van der Waals surface area contributed by atoms with Gasteiger partial charge >= 0.3 is 0 Å². The van der Waals surface area contributed by atoms with Crippen molar-refractivity contribution >= 4 is 22.7 Å². The summed E-state index contributed by atoms with van der Waals surface area (Å²) in [5, 5.41) is 41.3. The van der Waals surface area contributed by atoms with Gasteiger partial charge in [0.1, 0.15) is 30.2 Å². The van der Waals surface area contributed by atoms with Crippen LogP contribution in [-0.2, 0) is 4.74 Å². The van der Waals surface area contributed by atoms with Crippen molar-refractivity contribution in [2.75, 3.05) is 13.2 Å². The van der Waals surface area contributed by atoms with Crippen LogP contribution in [0.5, 0.6) is 5.75 Å². The maximum atomic E-state index is 10.6. The van der Waals surface area contributed by atoms with Gasteiger partial charge in [0, 0.05) is 21.4 Å². The van der Waals surface area contributed by atoms with Gasteiger partial charge in [-0.05, 0) is 37.3 Å². The second kappa shape index (κ2) is 8.97. The molecule has 30 heavy (non-hydrogen) atoms. The fourth-order valence-electron chi connectivity index (χ4n) is 3.67. The number of hydrogen-bond acceptors (Lipinski definition) is 7. The first-order valence-electron chi connectivity index (χ1n) is 9.84. The second-order valence-corrected chi connectivity index (χ2v) is 8.26. The Labute approximate surface area is 178 Å². The molecule has 4 rings (SSSR count). The molecule has 0 radical (unpaired) electrons. The summed E-state index contributed by atoms with van der Waals surface area (Å²) in [6, 6.07) is 15.5. The zero-order chi connectivity index (χ0) is 21.3. The van der Waals surface area contributed by atoms with Crippen LogP contribution in [0, 0.1) is 0 Å². The van der Waals surface area contributed by atoms with Gasteiger partial charge in [-0.2, -0.15) is 0 Å². The third kappa shape index (κ3) is 3.94. The van der Waals surface area contributed by atoms with E-state index in [9.17, 15) is 20.4 Å². The van der Waals surface area contributed by atoms with Crippen LogP contribution in [-0.4, -0.2) is 62.6 Å². The number of fused-ring (bicyclic) bond motifs is 1. The lowest BCUT2D eigenvalue weighted by Crippen LogP contribution is -2.56. The van der Waals surface area contributed by atoms with E-state index in [1.807, 2.05) is 61.7 Å². The molecule has 1 aliphatic heterocycles. The Balaban J connectivity index is 1.68. The Kier molecular flexibility index (Phi) is 6.33. The number of hydrogen-bond donors (Lipinski definition) is 4. The summed E-state index contributed by atoms with van der Waals surface area (Å²) in [5.74, 6) is 0.811. The molecule has 1 aromatic heterocycles. The number of rotatable bonds is 6. The minimum Gasteiger partial charge on any atom is -0.494 e. The average molecular weight is 432 g/mol. The average Bonchev–Trinajstić information content (AvgIpc) is 3.12. The molecule has 0 aliphatic carbocycles. The predicted molar refractivity (Wildman–Crippen MR) is 113 cm³/mol. The van der Waals surface area contributed by atoms with E-state index in [1.54, 1.807) is 16.3 Å². The third-order valence-corrected chi connectivity index (χ3v) is 6.26. The van der Waals surface area contributed by atoms with Crippen molar-refractivity contribution in [2.24, 2.45) is 0 Å². The maximum absolute atomic E-state index is 10.6. The Hall–Kier alpha value is -2.07. The largest absolute Gasteiger partial charge is 0.494 e. The van der Waals surface area contributed by atoms with Crippen LogP contribution in [0.3, 0.4) is 0 Å². The first-order valence-corrected chi connectivity index (χ1v) is 10.7. The van der Waals surface area contributed by atoms with E-state index in [1.165, 1.54) is 0 Å². The van der Waals surface area contributed by atoms with Gasteiger partial charge in [0.2, 0.25) is 0 Å². The molecule has 4 N–H and O–H groups in total. The first kappa shape index (κ1) is 21.2. The summed E-state index contributed by atoms with van der Waals surface area (Å²) in [6.07, 6.45) is -4.21. The molecule has 5 atom stereocenters. The fourth-order valence-corrected chi connectivity index (χ4v) is 4.65. The minimum absolute atomic E-state index is 0.464. The molecule has 0 spiro atoms. The molecular weight excluding hydrogens is 406 g/mol. The van der Waals surface area contributed by atoms with Crippen LogP contribution in [0.4, 0.5) is 0 Å². The maximum Gasteiger partial charge on any atom is 0.163 e. The fraction of sp³-hybridized carbons (Fsp3) is 0.364. The monoisotopic (exact) mass is 431 g/mol. The van der Waals surface area contributed by atoms with E-state index in [-0.39, 0.29) is 0 Å². The number of aliphatic hydroxyl groups excluding tert-OH is 4. The Morgan fingerprint density at radius 3 is 2.43 bits per heavy atom. The number of nitrogens with zero attached hydrogens (tertiary/aromatic N) is 1. The summed E-state index contributed by atoms with van der Waals surface area (Å²) in [5.41, 5.74) is 0.815. The molecule has 0 unspecified atom stereocenters. The van der Waals surface area contributed by atoms with Gasteiger partial charge in [-0.1, -0.05) is 30.0 Å². The summed E-state index contributed by atoms with van der Waals surface area (Å²) in [7, 11) is 0. The highest BCUT2D eigenvalue weighted by Crippen LogP contribution is 2.39. The lowest BCUT2D eigenvalue weighted by Gasteiger charge is -2.40. The van der Waals surface area contributed by atoms with Gasteiger partial charge in [-0.25, -0.2) is 0 Å². The summed E-state index contributed by atoms with van der Waals surface area (Å²) in [4.78, 5) is 1.97. The molecule has 0 bridgehead atoms. The van der Waals surface area contributed by atoms with E-state index >= 15 is 0 Å². The molecule has 8 heteroatoms. The van der Waals surface area contributed by atoms with Crippen LogP contribution in [0.25, 0.3) is 10.9 Å². The van der Waals surface area contributed by atoms with E-state index in [2.05, 4.69) is 0 Å². The lowest BCUT2D eigenvalue weighted by molar-refractivity contribution is -0.250. The SMILES string of the molecule is CCOc1ccc(Sc2cn([C@@H]3O[C@H](CO)[C@@H](O)[C@H](O)[C@H]3O)c3ccccc23)cc1. The molecule has 3 aromatic rings. The van der Waals surface area contributed by atoms with E-state index in [0.29, 0.717) is 6.61 Å². The number of para-hydroxylation sites is 1. The van der Waals surface area contributed by atoms with Crippen LogP contribution < -0.4 is 4.74 Å². The van der Waals surface area contributed by atoms with Crippen molar-refractivity contribution in [2.45, 2.75) is 47.4 Å². The van der Waals surface area contributed by atoms with Crippen molar-refractivity contribution in [1.82, 2.24) is 4.57 Å². The van der Waals surface area contributed by atoms with Gasteiger partial charge in [0.25, 0.3) is 0 Å².